The molecule has 3 atom stereocenters. The summed E-state index contributed by atoms with van der Waals surface area (Å²) in [5.41, 5.74) is 0. The van der Waals surface area contributed by atoms with Gasteiger partial charge < -0.3 is 15.3 Å². The fourth-order valence-electron chi connectivity index (χ4n) is 3.40. The Kier molecular flexibility index (Phi) is 5.40. The molecule has 20 heavy (non-hydrogen) atoms. The zero-order valence-corrected chi connectivity index (χ0v) is 12.3. The number of piperidine rings is 2. The Labute approximate surface area is 120 Å². The van der Waals surface area contributed by atoms with Crippen LogP contribution in [-0.4, -0.2) is 47.6 Å². The third kappa shape index (κ3) is 3.95. The molecule has 0 saturated carbocycles. The molecule has 2 aliphatic rings. The maximum absolute atomic E-state index is 12.5. The number of nitrogens with zero attached hydrogens (tertiary/aromatic N) is 1. The van der Waals surface area contributed by atoms with Crippen molar-refractivity contribution < 1.29 is 14.7 Å². The van der Waals surface area contributed by atoms with Gasteiger partial charge in [-0.3, -0.25) is 9.59 Å². The molecule has 2 unspecified atom stereocenters. The van der Waals surface area contributed by atoms with Gasteiger partial charge in [0.05, 0.1) is 6.04 Å². The van der Waals surface area contributed by atoms with E-state index >= 15 is 0 Å². The van der Waals surface area contributed by atoms with Crippen LogP contribution in [0.4, 0.5) is 0 Å². The Morgan fingerprint density at radius 1 is 1.30 bits per heavy atom. The molecule has 0 aliphatic carbocycles. The Bertz CT molecular complexity index is 353. The minimum absolute atomic E-state index is 0.0164. The first-order chi connectivity index (χ1) is 9.58. The number of carboxylic acid groups (broad SMARTS) is 1. The highest BCUT2D eigenvalue weighted by Crippen LogP contribution is 2.27. The summed E-state index contributed by atoms with van der Waals surface area (Å²) in [5, 5.41) is 12.2. The second-order valence-corrected chi connectivity index (χ2v) is 6.26. The van der Waals surface area contributed by atoms with E-state index in [-0.39, 0.29) is 24.3 Å². The lowest BCUT2D eigenvalue weighted by molar-refractivity contribution is -0.139. The largest absolute Gasteiger partial charge is 0.481 e. The molecule has 0 spiro atoms. The number of nitrogens with one attached hydrogen (secondary N) is 1. The molecule has 5 heteroatoms. The van der Waals surface area contributed by atoms with E-state index in [4.69, 9.17) is 5.11 Å². The topological polar surface area (TPSA) is 69.6 Å². The SMILES string of the molecule is CC(CC(=O)O)C1CCCN(C(=O)[C@H]2CCCCN2)C1. The Morgan fingerprint density at radius 2 is 2.10 bits per heavy atom. The fourth-order valence-corrected chi connectivity index (χ4v) is 3.40. The highest BCUT2D eigenvalue weighted by atomic mass is 16.4. The predicted octanol–water partition coefficient (Wildman–Crippen LogP) is 1.48. The number of hydrogen-bond donors (Lipinski definition) is 2. The van der Waals surface area contributed by atoms with Gasteiger partial charge in [-0.15, -0.1) is 0 Å². The summed E-state index contributed by atoms with van der Waals surface area (Å²) >= 11 is 0. The molecule has 2 fully saturated rings. The maximum Gasteiger partial charge on any atom is 0.303 e. The monoisotopic (exact) mass is 282 g/mol. The number of hydrogen-bond acceptors (Lipinski definition) is 3. The van der Waals surface area contributed by atoms with Crippen molar-refractivity contribution in [3.8, 4) is 0 Å². The minimum Gasteiger partial charge on any atom is -0.481 e. The van der Waals surface area contributed by atoms with Gasteiger partial charge in [0.25, 0.3) is 0 Å². The zero-order chi connectivity index (χ0) is 14.5. The van der Waals surface area contributed by atoms with Gasteiger partial charge in [0, 0.05) is 19.5 Å². The zero-order valence-electron chi connectivity index (χ0n) is 12.3. The number of aliphatic carboxylic acids is 1. The van der Waals surface area contributed by atoms with Crippen LogP contribution < -0.4 is 5.32 Å². The van der Waals surface area contributed by atoms with E-state index in [1.807, 2.05) is 11.8 Å². The first-order valence-corrected chi connectivity index (χ1v) is 7.82. The summed E-state index contributed by atoms with van der Waals surface area (Å²) < 4.78 is 0. The number of carboxylic acids is 1. The average molecular weight is 282 g/mol. The molecule has 0 bridgehead atoms. The van der Waals surface area contributed by atoms with Crippen molar-refractivity contribution in [2.24, 2.45) is 11.8 Å². The Balaban J connectivity index is 1.88. The van der Waals surface area contributed by atoms with E-state index in [0.29, 0.717) is 5.92 Å². The smallest absolute Gasteiger partial charge is 0.303 e. The summed E-state index contributed by atoms with van der Waals surface area (Å²) in [7, 11) is 0. The van der Waals surface area contributed by atoms with E-state index in [1.165, 1.54) is 0 Å². The van der Waals surface area contributed by atoms with Gasteiger partial charge in [0.1, 0.15) is 0 Å². The molecule has 5 nitrogen and oxygen atoms in total. The van der Waals surface area contributed by atoms with Crippen LogP contribution in [0.1, 0.15) is 45.4 Å². The lowest BCUT2D eigenvalue weighted by Crippen LogP contribution is -2.51. The fraction of sp³-hybridized carbons (Fsp3) is 0.867. The van der Waals surface area contributed by atoms with Crippen molar-refractivity contribution >= 4 is 11.9 Å². The average Bonchev–Trinajstić information content (AvgIpc) is 2.47. The number of carbonyl (C=O) groups excluding carboxylic acids is 1. The molecule has 2 saturated heterocycles. The second kappa shape index (κ2) is 7.07. The summed E-state index contributed by atoms with van der Waals surface area (Å²) in [4.78, 5) is 25.3. The maximum atomic E-state index is 12.5. The molecule has 1 amide bonds. The molecule has 2 aliphatic heterocycles. The van der Waals surface area contributed by atoms with Gasteiger partial charge >= 0.3 is 5.97 Å². The molecule has 2 rings (SSSR count). The molecule has 2 N–H and O–H groups in total. The second-order valence-electron chi connectivity index (χ2n) is 6.26. The van der Waals surface area contributed by atoms with Gasteiger partial charge in [-0.05, 0) is 44.1 Å². The van der Waals surface area contributed by atoms with Crippen molar-refractivity contribution in [1.29, 1.82) is 0 Å². The Morgan fingerprint density at radius 3 is 2.75 bits per heavy atom. The number of amides is 1. The van der Waals surface area contributed by atoms with E-state index in [2.05, 4.69) is 5.32 Å². The van der Waals surface area contributed by atoms with Crippen LogP contribution >= 0.6 is 0 Å². The van der Waals surface area contributed by atoms with Gasteiger partial charge in [-0.2, -0.15) is 0 Å². The molecular formula is C15H26N2O3. The van der Waals surface area contributed by atoms with Crippen LogP contribution in [0.5, 0.6) is 0 Å². The van der Waals surface area contributed by atoms with E-state index in [1.54, 1.807) is 0 Å². The van der Waals surface area contributed by atoms with Gasteiger partial charge in [-0.25, -0.2) is 0 Å². The van der Waals surface area contributed by atoms with Gasteiger partial charge in [0.15, 0.2) is 0 Å². The summed E-state index contributed by atoms with van der Waals surface area (Å²) in [6.45, 7) is 4.48. The quantitative estimate of drug-likeness (QED) is 0.819. The van der Waals surface area contributed by atoms with Crippen LogP contribution in [0.2, 0.25) is 0 Å². The molecule has 0 radical (unpaired) electrons. The highest BCUT2D eigenvalue weighted by Gasteiger charge is 2.31. The molecule has 0 aromatic carbocycles. The van der Waals surface area contributed by atoms with Crippen molar-refractivity contribution in [3.05, 3.63) is 0 Å². The van der Waals surface area contributed by atoms with Gasteiger partial charge in [0.2, 0.25) is 5.91 Å². The summed E-state index contributed by atoms with van der Waals surface area (Å²) in [5.74, 6) is -0.0540. The van der Waals surface area contributed by atoms with Crippen LogP contribution in [0.3, 0.4) is 0 Å². The predicted molar refractivity (Wildman–Crippen MR) is 76.4 cm³/mol. The van der Waals surface area contributed by atoms with E-state index in [0.717, 1.165) is 51.7 Å². The van der Waals surface area contributed by atoms with Crippen LogP contribution in [0.25, 0.3) is 0 Å². The van der Waals surface area contributed by atoms with Crippen LogP contribution in [0, 0.1) is 11.8 Å². The summed E-state index contributed by atoms with van der Waals surface area (Å²) in [6.07, 6.45) is 5.45. The summed E-state index contributed by atoms with van der Waals surface area (Å²) in [6, 6.07) is -0.0164. The molecular weight excluding hydrogens is 256 g/mol. The third-order valence-corrected chi connectivity index (χ3v) is 4.68. The number of rotatable bonds is 4. The first-order valence-electron chi connectivity index (χ1n) is 7.82. The van der Waals surface area contributed by atoms with Gasteiger partial charge in [-0.1, -0.05) is 13.3 Å². The minimum atomic E-state index is -0.741. The van der Waals surface area contributed by atoms with E-state index < -0.39 is 5.97 Å². The highest BCUT2D eigenvalue weighted by molar-refractivity contribution is 5.82. The normalized spacial score (nSPS) is 28.9. The van der Waals surface area contributed by atoms with Crippen LogP contribution in [-0.2, 0) is 9.59 Å². The Hall–Kier alpha value is -1.10. The van der Waals surface area contributed by atoms with Crippen molar-refractivity contribution in [2.75, 3.05) is 19.6 Å². The lowest BCUT2D eigenvalue weighted by Gasteiger charge is -2.38. The molecule has 114 valence electrons. The third-order valence-electron chi connectivity index (χ3n) is 4.68. The van der Waals surface area contributed by atoms with E-state index in [9.17, 15) is 9.59 Å². The van der Waals surface area contributed by atoms with Crippen molar-refractivity contribution in [1.82, 2.24) is 10.2 Å². The van der Waals surface area contributed by atoms with Crippen molar-refractivity contribution in [3.63, 3.8) is 0 Å². The molecule has 2 heterocycles. The number of carbonyl (C=O) groups is 2. The first kappa shape index (κ1) is 15.3. The molecule has 0 aromatic heterocycles. The lowest BCUT2D eigenvalue weighted by atomic mass is 9.84. The molecule has 0 aromatic rings. The van der Waals surface area contributed by atoms with Crippen LogP contribution in [0.15, 0.2) is 0 Å². The number of likely N-dealkylation sites (tertiary alicyclic amines) is 1. The standard InChI is InChI=1S/C15H26N2O3/c1-11(9-14(18)19)12-5-4-8-17(10-12)15(20)13-6-2-3-7-16-13/h11-13,16H,2-10H2,1H3,(H,18,19)/t11?,12?,13-/m1/s1. The van der Waals surface area contributed by atoms with Crippen molar-refractivity contribution in [2.45, 2.75) is 51.5 Å².